The first kappa shape index (κ1) is 13.9. The molecular weight excluding hydrogens is 256 g/mol. The molecular formula is C16H16O4. The number of aromatic hydroxyl groups is 1. The fourth-order valence-electron chi connectivity index (χ4n) is 2.00. The van der Waals surface area contributed by atoms with E-state index < -0.39 is 5.97 Å². The van der Waals surface area contributed by atoms with Crippen molar-refractivity contribution in [3.63, 3.8) is 0 Å². The number of carbonyl (C=O) groups excluding carboxylic acids is 1. The summed E-state index contributed by atoms with van der Waals surface area (Å²) in [6, 6.07) is 8.96. The molecule has 4 nitrogen and oxygen atoms in total. The first-order valence-electron chi connectivity index (χ1n) is 6.21. The minimum Gasteiger partial charge on any atom is -0.508 e. The SMILES string of the molecule is C=CCc1c(O)ccc2ccc(OCC(=O)OC)cc12. The minimum absolute atomic E-state index is 0.141. The number of hydrogen-bond acceptors (Lipinski definition) is 4. The van der Waals surface area contributed by atoms with Crippen molar-refractivity contribution in [2.75, 3.05) is 13.7 Å². The summed E-state index contributed by atoms with van der Waals surface area (Å²) in [5.41, 5.74) is 0.793. The maximum Gasteiger partial charge on any atom is 0.343 e. The first-order chi connectivity index (χ1) is 9.65. The van der Waals surface area contributed by atoms with Gasteiger partial charge in [0.25, 0.3) is 0 Å². The highest BCUT2D eigenvalue weighted by Gasteiger charge is 2.08. The summed E-state index contributed by atoms with van der Waals surface area (Å²) in [5.74, 6) is 0.341. The molecule has 2 rings (SSSR count). The number of rotatable bonds is 5. The highest BCUT2D eigenvalue weighted by molar-refractivity contribution is 5.89. The lowest BCUT2D eigenvalue weighted by atomic mass is 10.0. The number of methoxy groups -OCH3 is 1. The van der Waals surface area contributed by atoms with Crippen molar-refractivity contribution in [3.8, 4) is 11.5 Å². The van der Waals surface area contributed by atoms with Crippen LogP contribution in [0.15, 0.2) is 43.0 Å². The number of benzene rings is 2. The molecule has 0 saturated heterocycles. The number of ether oxygens (including phenoxy) is 2. The molecule has 0 aromatic heterocycles. The highest BCUT2D eigenvalue weighted by atomic mass is 16.6. The van der Waals surface area contributed by atoms with Crippen LogP contribution in [0.5, 0.6) is 11.5 Å². The van der Waals surface area contributed by atoms with Crippen LogP contribution < -0.4 is 4.74 Å². The van der Waals surface area contributed by atoms with Crippen LogP contribution in [0.1, 0.15) is 5.56 Å². The average molecular weight is 272 g/mol. The van der Waals surface area contributed by atoms with E-state index in [4.69, 9.17) is 4.74 Å². The summed E-state index contributed by atoms with van der Waals surface area (Å²) in [5, 5.41) is 11.8. The van der Waals surface area contributed by atoms with Crippen LogP contribution in [0.2, 0.25) is 0 Å². The van der Waals surface area contributed by atoms with Gasteiger partial charge in [0.05, 0.1) is 7.11 Å². The number of hydrogen-bond donors (Lipinski definition) is 1. The molecule has 2 aromatic rings. The van der Waals surface area contributed by atoms with Gasteiger partial charge in [0, 0.05) is 5.56 Å². The second-order valence-corrected chi connectivity index (χ2v) is 4.30. The van der Waals surface area contributed by atoms with E-state index in [2.05, 4.69) is 11.3 Å². The largest absolute Gasteiger partial charge is 0.508 e. The topological polar surface area (TPSA) is 55.8 Å². The molecule has 0 unspecified atom stereocenters. The maximum atomic E-state index is 11.1. The van der Waals surface area contributed by atoms with Gasteiger partial charge in [-0.2, -0.15) is 0 Å². The molecule has 0 saturated carbocycles. The molecule has 0 aliphatic heterocycles. The predicted molar refractivity (Wildman–Crippen MR) is 77.0 cm³/mol. The summed E-state index contributed by atoms with van der Waals surface area (Å²) in [6.45, 7) is 3.55. The highest BCUT2D eigenvalue weighted by Crippen LogP contribution is 2.30. The lowest BCUT2D eigenvalue weighted by molar-refractivity contribution is -0.142. The van der Waals surface area contributed by atoms with Crippen molar-refractivity contribution in [2.45, 2.75) is 6.42 Å². The van der Waals surface area contributed by atoms with Gasteiger partial charge >= 0.3 is 5.97 Å². The summed E-state index contributed by atoms with van der Waals surface area (Å²) in [7, 11) is 1.31. The Bertz CT molecular complexity index is 646. The zero-order valence-electron chi connectivity index (χ0n) is 11.3. The molecule has 0 radical (unpaired) electrons. The number of allylic oxidation sites excluding steroid dienone is 1. The standard InChI is InChI=1S/C16H16O4/c1-3-4-13-14-9-12(20-10-16(18)19-2)7-5-11(14)6-8-15(13)17/h3,5-9,17H,1,4,10H2,2H3. The third-order valence-corrected chi connectivity index (χ3v) is 3.01. The number of carbonyl (C=O) groups is 1. The monoisotopic (exact) mass is 272 g/mol. The fourth-order valence-corrected chi connectivity index (χ4v) is 2.00. The molecule has 0 amide bonds. The van der Waals surface area contributed by atoms with Crippen LogP contribution in [0, 0.1) is 0 Å². The lowest BCUT2D eigenvalue weighted by Crippen LogP contribution is -2.12. The third kappa shape index (κ3) is 2.91. The Morgan fingerprint density at radius 1 is 1.35 bits per heavy atom. The van der Waals surface area contributed by atoms with Crippen molar-refractivity contribution in [1.82, 2.24) is 0 Å². The maximum absolute atomic E-state index is 11.1. The van der Waals surface area contributed by atoms with E-state index >= 15 is 0 Å². The van der Waals surface area contributed by atoms with Gasteiger partial charge in [0.15, 0.2) is 6.61 Å². The second kappa shape index (κ2) is 6.10. The zero-order valence-corrected chi connectivity index (χ0v) is 11.3. The fraction of sp³-hybridized carbons (Fsp3) is 0.188. The van der Waals surface area contributed by atoms with E-state index in [1.54, 1.807) is 24.3 Å². The van der Waals surface area contributed by atoms with E-state index in [1.165, 1.54) is 7.11 Å². The van der Waals surface area contributed by atoms with Crippen LogP contribution in [-0.4, -0.2) is 24.8 Å². The van der Waals surface area contributed by atoms with Crippen LogP contribution >= 0.6 is 0 Å². The van der Waals surface area contributed by atoms with Crippen molar-refractivity contribution in [1.29, 1.82) is 0 Å². The van der Waals surface area contributed by atoms with Crippen LogP contribution in [0.4, 0.5) is 0 Å². The number of esters is 1. The molecule has 0 spiro atoms. The Morgan fingerprint density at radius 3 is 2.80 bits per heavy atom. The van der Waals surface area contributed by atoms with Gasteiger partial charge < -0.3 is 14.6 Å². The van der Waals surface area contributed by atoms with E-state index in [0.29, 0.717) is 12.2 Å². The van der Waals surface area contributed by atoms with Gasteiger partial charge in [-0.1, -0.05) is 18.2 Å². The molecule has 0 fully saturated rings. The van der Waals surface area contributed by atoms with Crippen LogP contribution in [-0.2, 0) is 16.0 Å². The van der Waals surface area contributed by atoms with Gasteiger partial charge in [-0.25, -0.2) is 4.79 Å². The Labute approximate surface area is 117 Å². The molecule has 0 atom stereocenters. The van der Waals surface area contributed by atoms with E-state index in [0.717, 1.165) is 16.3 Å². The molecule has 0 bridgehead atoms. The van der Waals surface area contributed by atoms with Crippen molar-refractivity contribution in [3.05, 3.63) is 48.6 Å². The van der Waals surface area contributed by atoms with E-state index in [-0.39, 0.29) is 12.4 Å². The molecule has 104 valence electrons. The molecule has 0 aliphatic carbocycles. The molecule has 0 aliphatic rings. The van der Waals surface area contributed by atoms with Crippen LogP contribution in [0.3, 0.4) is 0 Å². The quantitative estimate of drug-likeness (QED) is 0.671. The molecule has 0 heterocycles. The molecule has 4 heteroatoms. The first-order valence-corrected chi connectivity index (χ1v) is 6.21. The minimum atomic E-state index is -0.438. The lowest BCUT2D eigenvalue weighted by Gasteiger charge is -2.10. The van der Waals surface area contributed by atoms with E-state index in [9.17, 15) is 9.90 Å². The van der Waals surface area contributed by atoms with Gasteiger partial charge in [-0.05, 0) is 35.4 Å². The van der Waals surface area contributed by atoms with Crippen LogP contribution in [0.25, 0.3) is 10.8 Å². The van der Waals surface area contributed by atoms with Crippen molar-refractivity contribution in [2.24, 2.45) is 0 Å². The normalized spacial score (nSPS) is 10.2. The number of fused-ring (bicyclic) bond motifs is 1. The van der Waals surface area contributed by atoms with Crippen molar-refractivity contribution >= 4 is 16.7 Å². The summed E-state index contributed by atoms with van der Waals surface area (Å²) in [6.07, 6.45) is 2.29. The number of phenolic OH excluding ortho intramolecular Hbond substituents is 1. The Balaban J connectivity index is 2.38. The average Bonchev–Trinajstić information content (AvgIpc) is 2.47. The zero-order chi connectivity index (χ0) is 14.5. The van der Waals surface area contributed by atoms with Gasteiger partial charge in [-0.15, -0.1) is 6.58 Å². The van der Waals surface area contributed by atoms with Crippen molar-refractivity contribution < 1.29 is 19.4 Å². The summed E-state index contributed by atoms with van der Waals surface area (Å²) < 4.78 is 9.88. The van der Waals surface area contributed by atoms with Gasteiger partial charge in [0.1, 0.15) is 11.5 Å². The molecule has 1 N–H and O–H groups in total. The molecule has 2 aromatic carbocycles. The predicted octanol–water partition coefficient (Wildman–Crippen LogP) is 2.83. The smallest absolute Gasteiger partial charge is 0.343 e. The second-order valence-electron chi connectivity index (χ2n) is 4.30. The number of phenols is 1. The van der Waals surface area contributed by atoms with Gasteiger partial charge in [0.2, 0.25) is 0 Å². The Kier molecular flexibility index (Phi) is 4.25. The van der Waals surface area contributed by atoms with Gasteiger partial charge in [-0.3, -0.25) is 0 Å². The summed E-state index contributed by atoms with van der Waals surface area (Å²) in [4.78, 5) is 11.1. The molecule has 20 heavy (non-hydrogen) atoms. The van der Waals surface area contributed by atoms with E-state index in [1.807, 2.05) is 12.1 Å². The Hall–Kier alpha value is -2.49. The summed E-state index contributed by atoms with van der Waals surface area (Å²) >= 11 is 0. The Morgan fingerprint density at radius 2 is 2.10 bits per heavy atom. The third-order valence-electron chi connectivity index (χ3n) is 3.01.